The maximum Gasteiger partial charge on any atom is 0.277 e. The first-order valence-corrected chi connectivity index (χ1v) is 5.53. The first-order valence-electron chi connectivity index (χ1n) is 5.53. The third-order valence-electron chi connectivity index (χ3n) is 2.48. The van der Waals surface area contributed by atoms with Crippen molar-refractivity contribution in [1.29, 1.82) is 0 Å². The van der Waals surface area contributed by atoms with Crippen molar-refractivity contribution in [3.8, 4) is 0 Å². The molecule has 2 aromatic rings. The van der Waals surface area contributed by atoms with Gasteiger partial charge in [-0.25, -0.2) is 4.39 Å². The quantitative estimate of drug-likeness (QED) is 0.340. The number of amidine groups is 1. The minimum Gasteiger partial charge on any atom is -0.409 e. The Morgan fingerprint density at radius 3 is 2.80 bits per heavy atom. The Kier molecular flexibility index (Phi) is 3.65. The number of nitrogens with zero attached hydrogens (tertiary/aromatic N) is 2. The third-order valence-corrected chi connectivity index (χ3v) is 2.48. The number of carbonyl (C=O) groups is 1. The van der Waals surface area contributed by atoms with Crippen LogP contribution in [0.2, 0.25) is 0 Å². The molecule has 0 saturated heterocycles. The lowest BCUT2D eigenvalue weighted by molar-refractivity contribution is 0.101. The summed E-state index contributed by atoms with van der Waals surface area (Å²) in [5.74, 6) is -1.08. The Hall–Kier alpha value is -2.90. The predicted octanol–water partition coefficient (Wildman–Crippen LogP) is 1.47. The molecule has 0 radical (unpaired) electrons. The van der Waals surface area contributed by atoms with E-state index in [0.29, 0.717) is 5.76 Å². The Balaban J connectivity index is 2.20. The van der Waals surface area contributed by atoms with Crippen molar-refractivity contribution >= 4 is 17.4 Å². The Bertz CT molecular complexity index is 681. The second-order valence-corrected chi connectivity index (χ2v) is 3.96. The summed E-state index contributed by atoms with van der Waals surface area (Å²) in [5, 5.41) is 17.1. The number of oxime groups is 1. The van der Waals surface area contributed by atoms with Crippen LogP contribution in [0.5, 0.6) is 0 Å². The summed E-state index contributed by atoms with van der Waals surface area (Å²) in [5.41, 5.74) is 5.52. The maximum absolute atomic E-state index is 13.8. The molecule has 104 valence electrons. The molecule has 0 atom stereocenters. The van der Waals surface area contributed by atoms with Gasteiger partial charge in [-0.1, -0.05) is 10.3 Å². The van der Waals surface area contributed by atoms with Gasteiger partial charge >= 0.3 is 0 Å². The van der Waals surface area contributed by atoms with Crippen LogP contribution < -0.4 is 11.1 Å². The van der Waals surface area contributed by atoms with Crippen LogP contribution in [0.1, 0.15) is 21.8 Å². The van der Waals surface area contributed by atoms with Crippen molar-refractivity contribution in [3.63, 3.8) is 0 Å². The van der Waals surface area contributed by atoms with Crippen LogP contribution >= 0.6 is 0 Å². The molecule has 4 N–H and O–H groups in total. The van der Waals surface area contributed by atoms with E-state index in [1.54, 1.807) is 6.92 Å². The van der Waals surface area contributed by atoms with Crippen molar-refractivity contribution < 1.29 is 18.9 Å². The molecule has 1 aromatic carbocycles. The number of aromatic nitrogens is 1. The highest BCUT2D eigenvalue weighted by Gasteiger charge is 2.14. The van der Waals surface area contributed by atoms with Gasteiger partial charge in [-0.15, -0.1) is 0 Å². The minimum atomic E-state index is -0.720. The smallest absolute Gasteiger partial charge is 0.277 e. The van der Waals surface area contributed by atoms with E-state index in [1.807, 2.05) is 0 Å². The van der Waals surface area contributed by atoms with Crippen LogP contribution in [-0.4, -0.2) is 22.1 Å². The Morgan fingerprint density at radius 2 is 2.25 bits per heavy atom. The van der Waals surface area contributed by atoms with Crippen molar-refractivity contribution in [2.75, 3.05) is 5.32 Å². The summed E-state index contributed by atoms with van der Waals surface area (Å²) in [4.78, 5) is 11.8. The fourth-order valence-corrected chi connectivity index (χ4v) is 1.49. The Labute approximate surface area is 112 Å². The standard InChI is InChI=1S/C12H11FN4O3/c1-6-4-10(17-20-6)12(18)15-9-3-2-7(5-8(9)13)11(14)16-19/h2-5,19H,1H3,(H2,14,16)(H,15,18). The SMILES string of the molecule is Cc1cc(C(=O)Nc2ccc(/C(N)=N/O)cc2F)no1. The molecule has 8 heteroatoms. The molecule has 2 rings (SSSR count). The number of amides is 1. The summed E-state index contributed by atoms with van der Waals surface area (Å²) >= 11 is 0. The number of aryl methyl sites for hydroxylation is 1. The van der Waals surface area contributed by atoms with E-state index in [2.05, 4.69) is 15.6 Å². The molecule has 0 unspecified atom stereocenters. The summed E-state index contributed by atoms with van der Waals surface area (Å²) < 4.78 is 18.5. The number of carbonyl (C=O) groups excluding carboxylic acids is 1. The van der Waals surface area contributed by atoms with Gasteiger partial charge in [-0.05, 0) is 25.1 Å². The number of anilines is 1. The van der Waals surface area contributed by atoms with E-state index in [1.165, 1.54) is 18.2 Å². The van der Waals surface area contributed by atoms with Gasteiger partial charge in [0.2, 0.25) is 0 Å². The van der Waals surface area contributed by atoms with Crippen LogP contribution in [-0.2, 0) is 0 Å². The number of halogens is 1. The summed E-state index contributed by atoms with van der Waals surface area (Å²) in [6, 6.07) is 5.17. The largest absolute Gasteiger partial charge is 0.409 e. The molecule has 1 aromatic heterocycles. The van der Waals surface area contributed by atoms with Crippen LogP contribution in [0.3, 0.4) is 0 Å². The molecule has 0 aliphatic rings. The van der Waals surface area contributed by atoms with Gasteiger partial charge in [0.25, 0.3) is 5.91 Å². The second-order valence-electron chi connectivity index (χ2n) is 3.96. The fraction of sp³-hybridized carbons (Fsp3) is 0.0833. The average molecular weight is 278 g/mol. The molecule has 0 spiro atoms. The van der Waals surface area contributed by atoms with E-state index >= 15 is 0 Å². The molecule has 0 aliphatic carbocycles. The van der Waals surface area contributed by atoms with Crippen molar-refractivity contribution in [1.82, 2.24) is 5.16 Å². The van der Waals surface area contributed by atoms with Gasteiger partial charge in [0.05, 0.1) is 5.69 Å². The number of hydrogen-bond donors (Lipinski definition) is 3. The van der Waals surface area contributed by atoms with Crippen molar-refractivity contribution in [2.24, 2.45) is 10.9 Å². The highest BCUT2D eigenvalue weighted by molar-refractivity contribution is 6.03. The van der Waals surface area contributed by atoms with E-state index < -0.39 is 11.7 Å². The topological polar surface area (TPSA) is 114 Å². The third kappa shape index (κ3) is 2.74. The van der Waals surface area contributed by atoms with Gasteiger partial charge in [0.1, 0.15) is 11.6 Å². The number of benzene rings is 1. The Morgan fingerprint density at radius 1 is 1.50 bits per heavy atom. The van der Waals surface area contributed by atoms with E-state index in [9.17, 15) is 9.18 Å². The van der Waals surface area contributed by atoms with E-state index in [-0.39, 0.29) is 22.8 Å². The van der Waals surface area contributed by atoms with E-state index in [4.69, 9.17) is 15.5 Å². The first kappa shape index (κ1) is 13.5. The lowest BCUT2D eigenvalue weighted by atomic mass is 10.2. The van der Waals surface area contributed by atoms with Gasteiger partial charge in [-0.2, -0.15) is 0 Å². The van der Waals surface area contributed by atoms with Crippen LogP contribution in [0.25, 0.3) is 0 Å². The summed E-state index contributed by atoms with van der Waals surface area (Å²) in [6.45, 7) is 1.64. The molecule has 1 heterocycles. The predicted molar refractivity (Wildman–Crippen MR) is 68.1 cm³/mol. The van der Waals surface area contributed by atoms with Crippen molar-refractivity contribution in [3.05, 3.63) is 47.1 Å². The first-order chi connectivity index (χ1) is 9.51. The van der Waals surface area contributed by atoms with Gasteiger partial charge in [0.15, 0.2) is 11.5 Å². The molecule has 1 amide bonds. The highest BCUT2D eigenvalue weighted by atomic mass is 19.1. The van der Waals surface area contributed by atoms with Gasteiger partial charge in [0, 0.05) is 11.6 Å². The molecule has 7 nitrogen and oxygen atoms in total. The molecule has 0 aliphatic heterocycles. The molecule has 20 heavy (non-hydrogen) atoms. The lowest BCUT2D eigenvalue weighted by Crippen LogP contribution is -2.16. The number of rotatable bonds is 3. The van der Waals surface area contributed by atoms with Gasteiger partial charge < -0.3 is 20.8 Å². The number of nitrogens with two attached hydrogens (primary N) is 1. The molecule has 0 fully saturated rings. The molecular weight excluding hydrogens is 267 g/mol. The summed E-state index contributed by atoms with van der Waals surface area (Å²) in [6.07, 6.45) is 0. The molecule has 0 bridgehead atoms. The van der Waals surface area contributed by atoms with Crippen LogP contribution in [0.15, 0.2) is 33.9 Å². The highest BCUT2D eigenvalue weighted by Crippen LogP contribution is 2.17. The normalized spacial score (nSPS) is 11.4. The second kappa shape index (κ2) is 5.39. The lowest BCUT2D eigenvalue weighted by Gasteiger charge is -2.06. The fourth-order valence-electron chi connectivity index (χ4n) is 1.49. The van der Waals surface area contributed by atoms with Crippen LogP contribution in [0.4, 0.5) is 10.1 Å². The number of nitrogens with one attached hydrogen (secondary N) is 1. The molecular formula is C12H11FN4O3. The van der Waals surface area contributed by atoms with Crippen molar-refractivity contribution in [2.45, 2.75) is 6.92 Å². The molecule has 0 saturated carbocycles. The zero-order valence-corrected chi connectivity index (χ0v) is 10.4. The average Bonchev–Trinajstić information content (AvgIpc) is 2.86. The summed E-state index contributed by atoms with van der Waals surface area (Å²) in [7, 11) is 0. The number of hydrogen-bond acceptors (Lipinski definition) is 5. The monoisotopic (exact) mass is 278 g/mol. The van der Waals surface area contributed by atoms with Crippen LogP contribution in [0, 0.1) is 12.7 Å². The van der Waals surface area contributed by atoms with Gasteiger partial charge in [-0.3, -0.25) is 4.79 Å². The zero-order chi connectivity index (χ0) is 14.7. The van der Waals surface area contributed by atoms with E-state index in [0.717, 1.165) is 6.07 Å². The minimum absolute atomic E-state index is 0.0439. The zero-order valence-electron chi connectivity index (χ0n) is 10.4. The maximum atomic E-state index is 13.8.